The number of carbonyl (C=O) groups is 1. The third-order valence-electron chi connectivity index (χ3n) is 8.36. The normalized spacial score (nSPS) is 13.6. The predicted octanol–water partition coefficient (Wildman–Crippen LogP) is 7.69. The van der Waals surface area contributed by atoms with Crippen LogP contribution in [0.4, 0.5) is 18.9 Å². The van der Waals surface area contributed by atoms with Crippen molar-refractivity contribution in [3.8, 4) is 23.2 Å². The van der Waals surface area contributed by atoms with E-state index < -0.39 is 17.3 Å². The van der Waals surface area contributed by atoms with Crippen LogP contribution in [-0.4, -0.2) is 42.5 Å². The maximum atomic E-state index is 13.1. The van der Waals surface area contributed by atoms with E-state index in [9.17, 15) is 22.8 Å². The molecule has 254 valence electrons. The number of nitrogens with zero attached hydrogens (tertiary/aromatic N) is 5. The summed E-state index contributed by atoms with van der Waals surface area (Å²) in [6.07, 6.45) is 0.130. The maximum Gasteiger partial charge on any atom is 0.417 e. The van der Waals surface area contributed by atoms with Crippen molar-refractivity contribution in [2.45, 2.75) is 91.8 Å². The van der Waals surface area contributed by atoms with E-state index in [1.54, 1.807) is 11.4 Å². The molecule has 9 nitrogen and oxygen atoms in total. The van der Waals surface area contributed by atoms with Crippen LogP contribution in [0.5, 0.6) is 5.75 Å². The van der Waals surface area contributed by atoms with Crippen molar-refractivity contribution in [2.75, 3.05) is 11.5 Å². The number of hydrogen-bond donors (Lipinski definition) is 1. The Morgan fingerprint density at radius 1 is 1.17 bits per heavy atom. The third kappa shape index (κ3) is 7.13. The van der Waals surface area contributed by atoms with Gasteiger partial charge in [-0.1, -0.05) is 37.7 Å². The van der Waals surface area contributed by atoms with Gasteiger partial charge in [0.05, 0.1) is 40.0 Å². The van der Waals surface area contributed by atoms with E-state index in [1.807, 2.05) is 50.8 Å². The number of alkyl halides is 3. The van der Waals surface area contributed by atoms with Crippen LogP contribution in [0.1, 0.15) is 88.0 Å². The second kappa shape index (κ2) is 14.7. The molecule has 0 aliphatic heterocycles. The van der Waals surface area contributed by atoms with Crippen molar-refractivity contribution in [1.82, 2.24) is 19.6 Å². The van der Waals surface area contributed by atoms with Crippen LogP contribution in [0.15, 0.2) is 41.2 Å². The van der Waals surface area contributed by atoms with E-state index in [-0.39, 0.29) is 16.9 Å². The Balaban J connectivity index is 0.000000336. The Morgan fingerprint density at radius 3 is 2.42 bits per heavy atom. The monoisotopic (exact) mass is 680 g/mol. The Bertz CT molecular complexity index is 1940. The first-order valence-electron chi connectivity index (χ1n) is 15.9. The smallest absolute Gasteiger partial charge is 0.417 e. The summed E-state index contributed by atoms with van der Waals surface area (Å²) in [5.41, 5.74) is 0.942. The molecule has 1 aliphatic rings. The van der Waals surface area contributed by atoms with Gasteiger partial charge in [-0.2, -0.15) is 18.4 Å². The molecular weight excluding hydrogens is 641 g/mol. The number of thiocarbonyl (C=S) groups is 1. The number of halogens is 3. The van der Waals surface area contributed by atoms with Gasteiger partial charge >= 0.3 is 6.18 Å². The summed E-state index contributed by atoms with van der Waals surface area (Å²) >= 11 is 5.65. The number of nitrogens with one attached hydrogen (secondary N) is 1. The number of ether oxygens (including phenoxy) is 1. The lowest BCUT2D eigenvalue weighted by molar-refractivity contribution is -0.137. The third-order valence-corrected chi connectivity index (χ3v) is 8.54. The number of fused-ring (bicyclic) bond motifs is 1. The number of H-pyrrole nitrogens is 1. The van der Waals surface area contributed by atoms with Gasteiger partial charge in [0.1, 0.15) is 17.1 Å². The first-order chi connectivity index (χ1) is 22.7. The lowest BCUT2D eigenvalue weighted by atomic mass is 9.71. The zero-order valence-corrected chi connectivity index (χ0v) is 28.7. The molecule has 1 N–H and O–H groups in total. The number of imidazole rings is 1. The highest BCUT2D eigenvalue weighted by atomic mass is 32.1. The summed E-state index contributed by atoms with van der Waals surface area (Å²) in [6.45, 7) is 11.6. The minimum absolute atomic E-state index is 0.189. The fraction of sp³-hybridized carbons (Fsp3) is 0.429. The summed E-state index contributed by atoms with van der Waals surface area (Å²) in [5.74, 6) is 1.92. The lowest BCUT2D eigenvalue weighted by Crippen LogP contribution is -2.60. The number of rotatable bonds is 9. The number of aromatic amines is 1. The minimum atomic E-state index is -4.45. The van der Waals surface area contributed by atoms with Crippen LogP contribution >= 0.6 is 12.2 Å². The SMILES string of the molecule is CCCc1nc(C)c2c(=O)[nH]c(-c3cc(N(C(C)=S)C4(C(=O)CC)CCC4)ccc3OCC)nn12.Cc1ccc(C#N)c(C(F)(F)F)c1. The minimum Gasteiger partial charge on any atom is -0.493 e. The quantitative estimate of drug-likeness (QED) is 0.179. The topological polar surface area (TPSA) is 116 Å². The fourth-order valence-electron chi connectivity index (χ4n) is 6.05. The van der Waals surface area contributed by atoms with Crippen LogP contribution in [0, 0.1) is 25.2 Å². The van der Waals surface area contributed by atoms with Gasteiger partial charge in [0.2, 0.25) is 0 Å². The van der Waals surface area contributed by atoms with E-state index in [1.165, 1.54) is 18.2 Å². The molecule has 0 saturated heterocycles. The van der Waals surface area contributed by atoms with Gasteiger partial charge in [-0.3, -0.25) is 9.59 Å². The Hall–Kier alpha value is -4.57. The van der Waals surface area contributed by atoms with E-state index in [2.05, 4.69) is 16.9 Å². The van der Waals surface area contributed by atoms with Gasteiger partial charge in [0, 0.05) is 18.5 Å². The number of aryl methyl sites for hydroxylation is 3. The van der Waals surface area contributed by atoms with Gasteiger partial charge in [-0.05, 0) is 83.7 Å². The van der Waals surface area contributed by atoms with Gasteiger partial charge in [0.15, 0.2) is 17.1 Å². The van der Waals surface area contributed by atoms with Gasteiger partial charge in [-0.25, -0.2) is 9.50 Å². The molecule has 1 aliphatic carbocycles. The number of Topliss-reactive ketones (excluding diaryl/α,β-unsaturated/α-hetero) is 1. The molecule has 0 bridgehead atoms. The van der Waals surface area contributed by atoms with Crippen LogP contribution < -0.4 is 15.2 Å². The molecule has 0 unspecified atom stereocenters. The van der Waals surface area contributed by atoms with E-state index in [4.69, 9.17) is 27.3 Å². The molecule has 0 amide bonds. The number of aromatic nitrogens is 4. The molecule has 0 spiro atoms. The van der Waals surface area contributed by atoms with Crippen LogP contribution in [0.2, 0.25) is 0 Å². The first kappa shape index (κ1) is 36.3. The zero-order valence-electron chi connectivity index (χ0n) is 27.9. The lowest BCUT2D eigenvalue weighted by Gasteiger charge is -2.49. The summed E-state index contributed by atoms with van der Waals surface area (Å²) < 4.78 is 44.3. The van der Waals surface area contributed by atoms with E-state index in [0.717, 1.165) is 43.3 Å². The molecule has 2 aromatic carbocycles. The van der Waals surface area contributed by atoms with Crippen molar-refractivity contribution in [3.63, 3.8) is 0 Å². The average Bonchev–Trinajstić information content (AvgIpc) is 3.33. The molecule has 1 saturated carbocycles. The summed E-state index contributed by atoms with van der Waals surface area (Å²) in [6, 6.07) is 10.8. The highest BCUT2D eigenvalue weighted by molar-refractivity contribution is 7.80. The number of benzene rings is 2. The molecule has 1 fully saturated rings. The van der Waals surface area contributed by atoms with Crippen molar-refractivity contribution in [3.05, 3.63) is 75.0 Å². The highest BCUT2D eigenvalue weighted by Crippen LogP contribution is 2.44. The largest absolute Gasteiger partial charge is 0.493 e. The average molecular weight is 681 g/mol. The molecule has 5 rings (SSSR count). The van der Waals surface area contributed by atoms with Crippen LogP contribution in [-0.2, 0) is 17.4 Å². The number of nitriles is 1. The number of anilines is 1. The summed E-state index contributed by atoms with van der Waals surface area (Å²) in [7, 11) is 0. The molecule has 48 heavy (non-hydrogen) atoms. The van der Waals surface area contributed by atoms with Crippen molar-refractivity contribution < 1.29 is 22.7 Å². The van der Waals surface area contributed by atoms with Crippen LogP contribution in [0.25, 0.3) is 16.9 Å². The Morgan fingerprint density at radius 2 is 1.88 bits per heavy atom. The maximum absolute atomic E-state index is 13.1. The standard InChI is InChI=1S/C26H33N5O3S.C9H6F3N/c1-6-10-22-27-16(4)23-25(33)28-24(29-31(22)23)19-15-18(11-12-20(19)34-8-3)30(17(5)35)26(13-9-14-26)21(32)7-2;1-6-2-3-7(5-13)8(4-6)9(10,11)12/h11-12,15H,6-10,13-14H2,1-5H3,(H,28,29,33);2-4H,1H3. The highest BCUT2D eigenvalue weighted by Gasteiger charge is 2.49. The van der Waals surface area contributed by atoms with Crippen molar-refractivity contribution in [2.24, 2.45) is 0 Å². The molecule has 4 aromatic rings. The number of carbonyl (C=O) groups excluding carboxylic acids is 1. The second-order valence-electron chi connectivity index (χ2n) is 11.7. The first-order valence-corrected chi connectivity index (χ1v) is 16.3. The van der Waals surface area contributed by atoms with Gasteiger partial charge in [0.25, 0.3) is 5.56 Å². The van der Waals surface area contributed by atoms with Crippen molar-refractivity contribution >= 4 is 34.2 Å². The number of ketones is 1. The second-order valence-corrected chi connectivity index (χ2v) is 12.3. The summed E-state index contributed by atoms with van der Waals surface area (Å²) in [5, 5.41) is 13.2. The van der Waals surface area contributed by atoms with Gasteiger partial charge in [-0.15, -0.1) is 5.10 Å². The fourth-order valence-corrected chi connectivity index (χ4v) is 6.33. The summed E-state index contributed by atoms with van der Waals surface area (Å²) in [4.78, 5) is 36.3. The van der Waals surface area contributed by atoms with E-state index in [0.29, 0.717) is 58.3 Å². The molecule has 0 atom stereocenters. The molecule has 2 aromatic heterocycles. The molecule has 0 radical (unpaired) electrons. The van der Waals surface area contributed by atoms with Crippen LogP contribution in [0.3, 0.4) is 0 Å². The van der Waals surface area contributed by atoms with E-state index >= 15 is 0 Å². The number of hydrogen-bond acceptors (Lipinski definition) is 7. The zero-order chi connectivity index (χ0) is 35.4. The Labute approximate surface area is 282 Å². The molecule has 13 heteroatoms. The Kier molecular flexibility index (Phi) is 11.1. The predicted molar refractivity (Wildman–Crippen MR) is 182 cm³/mol. The molecule has 2 heterocycles. The van der Waals surface area contributed by atoms with Crippen molar-refractivity contribution in [1.29, 1.82) is 5.26 Å². The van der Waals surface area contributed by atoms with Gasteiger partial charge < -0.3 is 14.6 Å². The molecular formula is C35H39F3N6O3S.